The number of nitrogens with zero attached hydrogens (tertiary/aromatic N) is 2. The van der Waals surface area contributed by atoms with Crippen molar-refractivity contribution < 1.29 is 18.8 Å². The average molecular weight is 397 g/mol. The summed E-state index contributed by atoms with van der Waals surface area (Å²) in [5, 5.41) is 8.79. The van der Waals surface area contributed by atoms with Gasteiger partial charge in [-0.3, -0.25) is 9.59 Å². The number of ether oxygens (including phenoxy) is 1. The van der Waals surface area contributed by atoms with Gasteiger partial charge in [0.25, 0.3) is 5.91 Å². The van der Waals surface area contributed by atoms with Gasteiger partial charge in [-0.2, -0.15) is 0 Å². The largest absolute Gasteiger partial charge is 0.482 e. The fraction of sp³-hybridized carbons (Fsp3) is 0.250. The number of carbonyl (C=O) groups is 2. The fourth-order valence-corrected chi connectivity index (χ4v) is 3.82. The molecule has 144 valence electrons. The van der Waals surface area contributed by atoms with Crippen LogP contribution in [0.15, 0.2) is 40.2 Å². The van der Waals surface area contributed by atoms with E-state index in [2.05, 4.69) is 10.5 Å². The van der Waals surface area contributed by atoms with Crippen LogP contribution in [0.3, 0.4) is 0 Å². The molecule has 1 aliphatic rings. The molecule has 7 nitrogen and oxygen atoms in total. The molecule has 0 aliphatic carbocycles. The first-order valence-electron chi connectivity index (χ1n) is 8.82. The maximum atomic E-state index is 12.5. The van der Waals surface area contributed by atoms with E-state index in [1.54, 1.807) is 34.4 Å². The maximum Gasteiger partial charge on any atom is 0.265 e. The Kier molecular flexibility index (Phi) is 4.87. The Labute approximate surface area is 165 Å². The standard InChI is InChI=1S/C20H19N3O4S/c1-12-16(13(2)27-22-12)10-23-17-8-14(5-6-18(17)26-11-20(23)25)21-19(24)9-15-4-3-7-28-15/h3-8H,9-11H2,1-2H3,(H,21,24). The van der Waals surface area contributed by atoms with Gasteiger partial charge in [-0.25, -0.2) is 0 Å². The van der Waals surface area contributed by atoms with Crippen LogP contribution in [0.2, 0.25) is 0 Å². The van der Waals surface area contributed by atoms with Crippen molar-refractivity contribution >= 4 is 34.5 Å². The monoisotopic (exact) mass is 397 g/mol. The number of hydrogen-bond acceptors (Lipinski definition) is 6. The van der Waals surface area contributed by atoms with E-state index in [-0.39, 0.29) is 18.4 Å². The minimum atomic E-state index is -0.158. The lowest BCUT2D eigenvalue weighted by atomic mass is 10.1. The highest BCUT2D eigenvalue weighted by molar-refractivity contribution is 7.10. The predicted octanol–water partition coefficient (Wildman–Crippen LogP) is 3.46. The molecule has 3 aromatic rings. The molecule has 0 saturated carbocycles. The van der Waals surface area contributed by atoms with Crippen molar-refractivity contribution in [2.45, 2.75) is 26.8 Å². The summed E-state index contributed by atoms with van der Waals surface area (Å²) in [4.78, 5) is 27.5. The SMILES string of the molecule is Cc1noc(C)c1CN1C(=O)COc2ccc(NC(=O)Cc3cccs3)cc21. The van der Waals surface area contributed by atoms with Crippen LogP contribution in [-0.4, -0.2) is 23.6 Å². The molecule has 4 rings (SSSR count). The van der Waals surface area contributed by atoms with Gasteiger partial charge in [0.15, 0.2) is 6.61 Å². The lowest BCUT2D eigenvalue weighted by Gasteiger charge is -2.29. The molecule has 0 fully saturated rings. The van der Waals surface area contributed by atoms with Gasteiger partial charge in [0, 0.05) is 16.1 Å². The lowest BCUT2D eigenvalue weighted by molar-refractivity contribution is -0.121. The second-order valence-electron chi connectivity index (χ2n) is 6.56. The zero-order valence-corrected chi connectivity index (χ0v) is 16.3. The minimum absolute atomic E-state index is 0.0273. The van der Waals surface area contributed by atoms with E-state index < -0.39 is 0 Å². The summed E-state index contributed by atoms with van der Waals surface area (Å²) in [6.07, 6.45) is 0.312. The van der Waals surface area contributed by atoms with E-state index in [1.165, 1.54) is 0 Å². The Bertz CT molecular complexity index is 1010. The Morgan fingerprint density at radius 1 is 1.32 bits per heavy atom. The van der Waals surface area contributed by atoms with Crippen LogP contribution in [0.1, 0.15) is 21.9 Å². The second kappa shape index (κ2) is 7.47. The zero-order valence-electron chi connectivity index (χ0n) is 15.5. The Morgan fingerprint density at radius 3 is 2.89 bits per heavy atom. The highest BCUT2D eigenvalue weighted by Gasteiger charge is 2.28. The third-order valence-corrected chi connectivity index (χ3v) is 5.47. The number of benzene rings is 1. The van der Waals surface area contributed by atoms with Crippen LogP contribution in [0, 0.1) is 13.8 Å². The number of rotatable bonds is 5. The van der Waals surface area contributed by atoms with E-state index in [9.17, 15) is 9.59 Å². The number of nitrogens with one attached hydrogen (secondary N) is 1. The van der Waals surface area contributed by atoms with Crippen molar-refractivity contribution in [1.29, 1.82) is 0 Å². The van der Waals surface area contributed by atoms with Crippen LogP contribution >= 0.6 is 11.3 Å². The van der Waals surface area contributed by atoms with Crippen LogP contribution < -0.4 is 15.0 Å². The smallest absolute Gasteiger partial charge is 0.265 e. The van der Waals surface area contributed by atoms with Crippen molar-refractivity contribution in [1.82, 2.24) is 5.16 Å². The third-order valence-electron chi connectivity index (χ3n) is 4.60. The number of anilines is 2. The van der Waals surface area contributed by atoms with Crippen LogP contribution in [0.25, 0.3) is 0 Å². The summed E-state index contributed by atoms with van der Waals surface area (Å²) in [6, 6.07) is 9.14. The molecule has 2 aromatic heterocycles. The van der Waals surface area contributed by atoms with Crippen molar-refractivity contribution in [3.63, 3.8) is 0 Å². The van der Waals surface area contributed by atoms with Crippen LogP contribution in [0.4, 0.5) is 11.4 Å². The molecule has 0 saturated heterocycles. The number of carbonyl (C=O) groups excluding carboxylic acids is 2. The first-order valence-corrected chi connectivity index (χ1v) is 9.70. The first-order chi connectivity index (χ1) is 13.5. The van der Waals surface area contributed by atoms with Gasteiger partial charge in [0.1, 0.15) is 11.5 Å². The molecule has 0 bridgehead atoms. The summed E-state index contributed by atoms with van der Waals surface area (Å²) in [5.41, 5.74) is 2.85. The molecule has 0 spiro atoms. The lowest BCUT2D eigenvalue weighted by Crippen LogP contribution is -2.38. The van der Waals surface area contributed by atoms with E-state index in [0.29, 0.717) is 35.9 Å². The van der Waals surface area contributed by atoms with Crippen molar-refractivity contribution in [3.05, 3.63) is 57.6 Å². The summed E-state index contributed by atoms with van der Waals surface area (Å²) >= 11 is 1.54. The fourth-order valence-electron chi connectivity index (χ4n) is 3.12. The van der Waals surface area contributed by atoms with Gasteiger partial charge in [-0.1, -0.05) is 11.2 Å². The minimum Gasteiger partial charge on any atom is -0.482 e. The molecule has 2 amide bonds. The number of aryl methyl sites for hydroxylation is 2. The van der Waals surface area contributed by atoms with Gasteiger partial charge < -0.3 is 19.5 Å². The molecule has 28 heavy (non-hydrogen) atoms. The number of fused-ring (bicyclic) bond motifs is 1. The first kappa shape index (κ1) is 18.2. The van der Waals surface area contributed by atoms with E-state index >= 15 is 0 Å². The third kappa shape index (κ3) is 3.63. The van der Waals surface area contributed by atoms with Gasteiger partial charge in [0.2, 0.25) is 5.91 Å². The average Bonchev–Trinajstić information content (AvgIpc) is 3.28. The number of thiophene rings is 1. The molecule has 0 atom stereocenters. The molecular weight excluding hydrogens is 378 g/mol. The summed E-state index contributed by atoms with van der Waals surface area (Å²) in [6.45, 7) is 3.98. The molecule has 0 radical (unpaired) electrons. The van der Waals surface area contributed by atoms with Crippen LogP contribution in [0.5, 0.6) is 5.75 Å². The molecule has 1 aromatic carbocycles. The van der Waals surface area contributed by atoms with E-state index in [0.717, 1.165) is 16.1 Å². The number of aromatic nitrogens is 1. The molecule has 1 aliphatic heterocycles. The topological polar surface area (TPSA) is 84.7 Å². The highest BCUT2D eigenvalue weighted by atomic mass is 32.1. The highest BCUT2D eigenvalue weighted by Crippen LogP contribution is 2.36. The number of hydrogen-bond donors (Lipinski definition) is 1. The Morgan fingerprint density at radius 2 is 2.18 bits per heavy atom. The van der Waals surface area contributed by atoms with Crippen molar-refractivity contribution in [2.75, 3.05) is 16.8 Å². The predicted molar refractivity (Wildman–Crippen MR) is 106 cm³/mol. The van der Waals surface area contributed by atoms with Gasteiger partial charge in [-0.15, -0.1) is 11.3 Å². The second-order valence-corrected chi connectivity index (χ2v) is 7.59. The van der Waals surface area contributed by atoms with Gasteiger partial charge in [0.05, 0.1) is 24.3 Å². The van der Waals surface area contributed by atoms with Crippen LogP contribution in [-0.2, 0) is 22.6 Å². The molecular formula is C20H19N3O4S. The Balaban J connectivity index is 1.58. The zero-order chi connectivity index (χ0) is 19.7. The summed E-state index contributed by atoms with van der Waals surface area (Å²) < 4.78 is 10.8. The van der Waals surface area contributed by atoms with Crippen molar-refractivity contribution in [3.8, 4) is 5.75 Å². The molecule has 1 N–H and O–H groups in total. The molecule has 8 heteroatoms. The summed E-state index contributed by atoms with van der Waals surface area (Å²) in [7, 11) is 0. The quantitative estimate of drug-likeness (QED) is 0.713. The molecule has 0 unspecified atom stereocenters. The van der Waals surface area contributed by atoms with Crippen molar-refractivity contribution in [2.24, 2.45) is 0 Å². The van der Waals surface area contributed by atoms with E-state index in [4.69, 9.17) is 9.26 Å². The summed E-state index contributed by atoms with van der Waals surface area (Å²) in [5.74, 6) is 1.01. The maximum absolute atomic E-state index is 12.5. The molecule has 3 heterocycles. The van der Waals surface area contributed by atoms with Gasteiger partial charge in [-0.05, 0) is 43.5 Å². The van der Waals surface area contributed by atoms with E-state index in [1.807, 2.05) is 31.4 Å². The Hall–Kier alpha value is -3.13. The van der Waals surface area contributed by atoms with Gasteiger partial charge >= 0.3 is 0 Å². The number of amides is 2. The normalized spacial score (nSPS) is 13.2.